The minimum atomic E-state index is -0.519. The van der Waals surface area contributed by atoms with Crippen molar-refractivity contribution in [3.8, 4) is 0 Å². The van der Waals surface area contributed by atoms with Crippen LogP contribution in [-0.2, 0) is 0 Å². The number of hydrogen-bond donors (Lipinski definition) is 2. The first-order valence-electron chi connectivity index (χ1n) is 9.57. The minimum absolute atomic E-state index is 0.188. The molecule has 2 aromatic rings. The maximum Gasteiger partial charge on any atom is 0.261 e. The summed E-state index contributed by atoms with van der Waals surface area (Å²) < 4.78 is 0. The van der Waals surface area contributed by atoms with Crippen LogP contribution in [0.1, 0.15) is 72.1 Å². The van der Waals surface area contributed by atoms with E-state index >= 15 is 0 Å². The van der Waals surface area contributed by atoms with E-state index in [2.05, 4.69) is 10.6 Å². The van der Waals surface area contributed by atoms with E-state index in [1.807, 2.05) is 13.8 Å². The van der Waals surface area contributed by atoms with Gasteiger partial charge < -0.3 is 5.32 Å². The molecular weight excluding hydrogens is 386 g/mol. The number of amides is 5. The van der Waals surface area contributed by atoms with Crippen LogP contribution in [0.2, 0.25) is 0 Å². The Morgan fingerprint density at radius 1 is 0.900 bits per heavy atom. The highest BCUT2D eigenvalue weighted by atomic mass is 16.2. The molecule has 0 radical (unpaired) electrons. The van der Waals surface area contributed by atoms with Crippen LogP contribution in [0, 0.1) is 5.92 Å². The molecule has 8 nitrogen and oxygen atoms in total. The lowest BCUT2D eigenvalue weighted by atomic mass is 10.0. The third kappa shape index (κ3) is 3.26. The van der Waals surface area contributed by atoms with Crippen molar-refractivity contribution in [2.45, 2.75) is 20.3 Å². The SMILES string of the molecule is CC(C)CCN1C(=O)c2ccc(C(=O)Nc3ccc4c(c3)C(=O)NC4=O)cc2C1=O. The van der Waals surface area contributed by atoms with Crippen LogP contribution in [0.4, 0.5) is 5.69 Å². The first-order chi connectivity index (χ1) is 14.3. The fourth-order valence-corrected chi connectivity index (χ4v) is 3.47. The molecule has 152 valence electrons. The van der Waals surface area contributed by atoms with Gasteiger partial charge in [0.1, 0.15) is 0 Å². The standard InChI is InChI=1S/C22H19N3O5/c1-11(2)7-8-25-21(29)15-5-3-12(9-17(15)22(25)30)18(26)23-13-4-6-14-16(10-13)20(28)24-19(14)27/h3-6,9-11H,7-8H2,1-2H3,(H,23,26)(H,24,27,28). The van der Waals surface area contributed by atoms with Crippen LogP contribution in [0.25, 0.3) is 0 Å². The third-order valence-corrected chi connectivity index (χ3v) is 5.16. The maximum atomic E-state index is 12.7. The second-order valence-electron chi connectivity index (χ2n) is 7.70. The molecule has 8 heteroatoms. The molecule has 0 atom stereocenters. The van der Waals surface area contributed by atoms with Crippen LogP contribution < -0.4 is 10.6 Å². The fraction of sp³-hybridized carbons (Fsp3) is 0.227. The third-order valence-electron chi connectivity index (χ3n) is 5.16. The number of rotatable bonds is 5. The number of nitrogens with zero attached hydrogens (tertiary/aromatic N) is 1. The highest BCUT2D eigenvalue weighted by Crippen LogP contribution is 2.26. The summed E-state index contributed by atoms with van der Waals surface area (Å²) in [6.07, 6.45) is 0.702. The van der Waals surface area contributed by atoms with E-state index in [4.69, 9.17) is 0 Å². The number of benzene rings is 2. The second kappa shape index (κ2) is 7.22. The molecular formula is C22H19N3O5. The van der Waals surface area contributed by atoms with E-state index in [9.17, 15) is 24.0 Å². The van der Waals surface area contributed by atoms with Gasteiger partial charge in [-0.2, -0.15) is 0 Å². The first kappa shape index (κ1) is 19.5. The molecule has 2 aromatic carbocycles. The molecule has 0 unspecified atom stereocenters. The number of nitrogens with one attached hydrogen (secondary N) is 2. The molecule has 0 spiro atoms. The van der Waals surface area contributed by atoms with E-state index in [1.54, 1.807) is 0 Å². The zero-order chi connectivity index (χ0) is 21.6. The first-order valence-corrected chi connectivity index (χ1v) is 9.57. The lowest BCUT2D eigenvalue weighted by molar-refractivity contribution is 0.0646. The molecule has 0 aliphatic carbocycles. The minimum Gasteiger partial charge on any atom is -0.322 e. The predicted molar refractivity (Wildman–Crippen MR) is 107 cm³/mol. The van der Waals surface area contributed by atoms with Crippen molar-refractivity contribution < 1.29 is 24.0 Å². The van der Waals surface area contributed by atoms with E-state index in [0.29, 0.717) is 24.6 Å². The summed E-state index contributed by atoms with van der Waals surface area (Å²) in [5, 5.41) is 4.84. The summed E-state index contributed by atoms with van der Waals surface area (Å²) in [7, 11) is 0. The Labute approximate surface area is 172 Å². The molecule has 0 saturated carbocycles. The maximum absolute atomic E-state index is 12.7. The van der Waals surface area contributed by atoms with Crippen molar-refractivity contribution in [3.63, 3.8) is 0 Å². The van der Waals surface area contributed by atoms with Gasteiger partial charge in [0, 0.05) is 17.8 Å². The Bertz CT molecular complexity index is 1140. The summed E-state index contributed by atoms with van der Waals surface area (Å²) in [4.78, 5) is 62.4. The van der Waals surface area contributed by atoms with E-state index in [-0.39, 0.29) is 33.7 Å². The highest BCUT2D eigenvalue weighted by molar-refractivity contribution is 6.23. The molecule has 0 saturated heterocycles. The smallest absolute Gasteiger partial charge is 0.261 e. The topological polar surface area (TPSA) is 113 Å². The second-order valence-corrected chi connectivity index (χ2v) is 7.70. The van der Waals surface area contributed by atoms with Gasteiger partial charge in [0.05, 0.1) is 22.3 Å². The van der Waals surface area contributed by atoms with E-state index in [1.165, 1.54) is 41.3 Å². The van der Waals surface area contributed by atoms with Gasteiger partial charge >= 0.3 is 0 Å². The highest BCUT2D eigenvalue weighted by Gasteiger charge is 2.35. The molecule has 0 fully saturated rings. The summed E-state index contributed by atoms with van der Waals surface area (Å²) in [5.74, 6) is -1.90. The molecule has 2 heterocycles. The Morgan fingerprint density at radius 3 is 2.30 bits per heavy atom. The summed E-state index contributed by atoms with van der Waals surface area (Å²) >= 11 is 0. The Hall–Kier alpha value is -3.81. The molecule has 2 aliphatic heterocycles. The average molecular weight is 405 g/mol. The van der Waals surface area contributed by atoms with Gasteiger partial charge in [-0.15, -0.1) is 0 Å². The Balaban J connectivity index is 1.54. The number of carbonyl (C=O) groups excluding carboxylic acids is 5. The summed E-state index contributed by atoms with van der Waals surface area (Å²) in [6, 6.07) is 8.77. The number of imide groups is 2. The molecule has 0 aromatic heterocycles. The monoisotopic (exact) mass is 405 g/mol. The predicted octanol–water partition coefficient (Wildman–Crippen LogP) is 2.46. The number of fused-ring (bicyclic) bond motifs is 2. The van der Waals surface area contributed by atoms with Gasteiger partial charge in [-0.1, -0.05) is 13.8 Å². The van der Waals surface area contributed by atoms with Crippen molar-refractivity contribution >= 4 is 35.2 Å². The Morgan fingerprint density at radius 2 is 1.57 bits per heavy atom. The van der Waals surface area contributed by atoms with Gasteiger partial charge in [-0.05, 0) is 48.7 Å². The molecule has 5 amide bonds. The molecule has 30 heavy (non-hydrogen) atoms. The quantitative estimate of drug-likeness (QED) is 0.742. The molecule has 2 N–H and O–H groups in total. The fourth-order valence-electron chi connectivity index (χ4n) is 3.47. The van der Waals surface area contributed by atoms with Crippen LogP contribution in [0.5, 0.6) is 0 Å². The van der Waals surface area contributed by atoms with Gasteiger partial charge in [-0.25, -0.2) is 0 Å². The summed E-state index contributed by atoms with van der Waals surface area (Å²) in [5.41, 5.74) is 1.48. The molecule has 0 bridgehead atoms. The lowest BCUT2D eigenvalue weighted by Gasteiger charge is -2.14. The normalized spacial score (nSPS) is 14.8. The van der Waals surface area contributed by atoms with E-state index < -0.39 is 23.6 Å². The number of anilines is 1. The van der Waals surface area contributed by atoms with Crippen LogP contribution >= 0.6 is 0 Å². The lowest BCUT2D eigenvalue weighted by Crippen LogP contribution is -2.31. The van der Waals surface area contributed by atoms with Crippen molar-refractivity contribution in [2.75, 3.05) is 11.9 Å². The van der Waals surface area contributed by atoms with Crippen molar-refractivity contribution in [3.05, 3.63) is 64.2 Å². The summed E-state index contributed by atoms with van der Waals surface area (Å²) in [6.45, 7) is 4.36. The van der Waals surface area contributed by atoms with Crippen molar-refractivity contribution in [1.29, 1.82) is 0 Å². The largest absolute Gasteiger partial charge is 0.322 e. The zero-order valence-electron chi connectivity index (χ0n) is 16.4. The van der Waals surface area contributed by atoms with Gasteiger partial charge in [0.2, 0.25) is 0 Å². The average Bonchev–Trinajstić information content (AvgIpc) is 3.12. The van der Waals surface area contributed by atoms with Crippen molar-refractivity contribution in [2.24, 2.45) is 5.92 Å². The van der Waals surface area contributed by atoms with E-state index in [0.717, 1.165) is 0 Å². The van der Waals surface area contributed by atoms with Gasteiger partial charge in [0.15, 0.2) is 0 Å². The van der Waals surface area contributed by atoms with Crippen LogP contribution in [0.15, 0.2) is 36.4 Å². The van der Waals surface area contributed by atoms with Gasteiger partial charge in [-0.3, -0.25) is 34.2 Å². The van der Waals surface area contributed by atoms with Crippen LogP contribution in [0.3, 0.4) is 0 Å². The Kier molecular flexibility index (Phi) is 4.69. The molecule has 4 rings (SSSR count). The van der Waals surface area contributed by atoms with Gasteiger partial charge in [0.25, 0.3) is 29.5 Å². The number of carbonyl (C=O) groups is 5. The van der Waals surface area contributed by atoms with Crippen molar-refractivity contribution in [1.82, 2.24) is 10.2 Å². The number of hydrogen-bond acceptors (Lipinski definition) is 5. The zero-order valence-corrected chi connectivity index (χ0v) is 16.4. The van der Waals surface area contributed by atoms with Crippen LogP contribution in [-0.4, -0.2) is 41.0 Å². The molecule has 2 aliphatic rings.